The Morgan fingerprint density at radius 2 is 0.742 bits per heavy atom. The van der Waals surface area contributed by atoms with E-state index in [0.717, 1.165) is 0 Å². The van der Waals surface area contributed by atoms with Crippen LogP contribution in [-0.4, -0.2) is 147 Å². The second kappa shape index (κ2) is 16.6. The van der Waals surface area contributed by atoms with Gasteiger partial charge in [0.1, 0.15) is 61.0 Å². The zero-order valence-corrected chi connectivity index (χ0v) is 16.6. The zero-order valence-electron chi connectivity index (χ0n) is 15.5. The molecule has 0 spiro atoms. The molecule has 0 amide bonds. The van der Waals surface area contributed by atoms with Crippen LogP contribution >= 0.6 is 0 Å². The molecule has 0 aromatic heterocycles. The number of hydrogen-bond donors (Lipinski definition) is 12. The van der Waals surface area contributed by atoms with Crippen LogP contribution in [-0.2, 0) is 26.4 Å². The maximum absolute atomic E-state index is 10.1. The fraction of sp³-hybridized carbons (Fsp3) is 0.857. The number of aliphatic hydroxyl groups excluding tert-OH is 12. The Kier molecular flexibility index (Phi) is 18.5. The summed E-state index contributed by atoms with van der Waals surface area (Å²) in [6, 6.07) is 0. The number of carboxylic acid groups (broad SMARTS) is 2. The summed E-state index contributed by atoms with van der Waals surface area (Å²) in [5.74, 6) is -4.07. The van der Waals surface area contributed by atoms with Gasteiger partial charge in [0.15, 0.2) is 0 Å². The van der Waals surface area contributed by atoms with Crippen molar-refractivity contribution in [1.29, 1.82) is 0 Å². The van der Waals surface area contributed by atoms with E-state index in [1.54, 1.807) is 0 Å². The van der Waals surface area contributed by atoms with Crippen LogP contribution in [0.1, 0.15) is 0 Å². The SMILES string of the molecule is O=C([O-])[C@H](O)[C@H](O)[C@@H](O)[C@H](O)[C@H](O)CO.O=C([O-])[C@H](O)[C@H](O)[C@@H](O)[C@H](O)[C@H](O)CO.[Co+2]. The number of aliphatic carboxylic acids is 2. The van der Waals surface area contributed by atoms with E-state index in [9.17, 15) is 19.8 Å². The van der Waals surface area contributed by atoms with Gasteiger partial charge in [-0.15, -0.1) is 0 Å². The Hall–Kier alpha value is -1.03. The van der Waals surface area contributed by atoms with Crippen LogP contribution in [0.15, 0.2) is 0 Å². The summed E-state index contributed by atoms with van der Waals surface area (Å²) in [7, 11) is 0. The number of carbonyl (C=O) groups is 2. The molecule has 0 aromatic rings. The van der Waals surface area contributed by atoms with E-state index in [1.165, 1.54) is 0 Å². The fourth-order valence-corrected chi connectivity index (χ4v) is 1.73. The molecule has 0 unspecified atom stereocenters. The summed E-state index contributed by atoms with van der Waals surface area (Å²) in [5.41, 5.74) is 0. The normalized spacial score (nSPS) is 20.8. The van der Waals surface area contributed by atoms with Gasteiger partial charge in [-0.3, -0.25) is 0 Å². The van der Waals surface area contributed by atoms with E-state index >= 15 is 0 Å². The third-order valence-corrected chi connectivity index (χ3v) is 3.69. The summed E-state index contributed by atoms with van der Waals surface area (Å²) in [6.07, 6.45) is -21.0. The molecule has 0 rings (SSSR count). The molecule has 1 radical (unpaired) electrons. The van der Waals surface area contributed by atoms with Gasteiger partial charge in [0.25, 0.3) is 0 Å². The van der Waals surface area contributed by atoms with E-state index in [-0.39, 0.29) is 16.8 Å². The van der Waals surface area contributed by atoms with Crippen molar-refractivity contribution >= 4 is 11.9 Å². The van der Waals surface area contributed by atoms with E-state index in [2.05, 4.69) is 0 Å². The second-order valence-corrected chi connectivity index (χ2v) is 5.97. The minimum absolute atomic E-state index is 0. The van der Waals surface area contributed by atoms with Crippen molar-refractivity contribution in [1.82, 2.24) is 0 Å². The monoisotopic (exact) mass is 509 g/mol. The summed E-state index contributed by atoms with van der Waals surface area (Å²) >= 11 is 0. The van der Waals surface area contributed by atoms with E-state index in [0.29, 0.717) is 0 Å². The van der Waals surface area contributed by atoms with Crippen molar-refractivity contribution in [2.45, 2.75) is 61.0 Å². The first-order valence-corrected chi connectivity index (χ1v) is 8.09. The van der Waals surface area contributed by atoms with Crippen LogP contribution in [0, 0.1) is 0 Å². The smallest absolute Gasteiger partial charge is 0.547 e. The third-order valence-electron chi connectivity index (χ3n) is 3.69. The first-order chi connectivity index (χ1) is 13.6. The quantitative estimate of drug-likeness (QED) is 0.116. The molecule has 187 valence electrons. The van der Waals surface area contributed by atoms with Gasteiger partial charge in [-0.1, -0.05) is 0 Å². The number of hydrogen-bond acceptors (Lipinski definition) is 16. The van der Waals surface area contributed by atoms with Crippen LogP contribution in [0.25, 0.3) is 0 Å². The molecular formula is C14H26CoO16. The summed E-state index contributed by atoms with van der Waals surface area (Å²) < 4.78 is 0. The standard InChI is InChI=1S/2C7H14O8.Co/c2*8-1-2(9)3(10)4(11)5(12)6(13)7(14)15;/h2*2-6,8-13H,1H2,(H,14,15);/q;;+2/p-2/t2*2-,3-,4+,5-,6-;/m11./s1. The Morgan fingerprint density at radius 3 is 0.903 bits per heavy atom. The van der Waals surface area contributed by atoms with Gasteiger partial charge in [-0.05, 0) is 0 Å². The molecule has 0 saturated carbocycles. The van der Waals surface area contributed by atoms with Gasteiger partial charge in [-0.25, -0.2) is 0 Å². The van der Waals surface area contributed by atoms with Gasteiger partial charge >= 0.3 is 16.8 Å². The minimum atomic E-state index is -2.40. The van der Waals surface area contributed by atoms with Crippen LogP contribution < -0.4 is 10.2 Å². The molecule has 0 aliphatic heterocycles. The molecule has 10 atom stereocenters. The van der Waals surface area contributed by atoms with Crippen molar-refractivity contribution < 1.29 is 97.9 Å². The molecule has 0 bridgehead atoms. The van der Waals surface area contributed by atoms with Crippen molar-refractivity contribution in [2.75, 3.05) is 13.2 Å². The minimum Gasteiger partial charge on any atom is -0.547 e. The van der Waals surface area contributed by atoms with Gasteiger partial charge in [0.05, 0.1) is 25.2 Å². The largest absolute Gasteiger partial charge is 2.00 e. The molecule has 16 nitrogen and oxygen atoms in total. The maximum atomic E-state index is 10.1. The Balaban J connectivity index is -0.000000490. The molecule has 17 heteroatoms. The van der Waals surface area contributed by atoms with Crippen molar-refractivity contribution in [2.24, 2.45) is 0 Å². The first kappa shape index (κ1) is 34.6. The van der Waals surface area contributed by atoms with Crippen molar-refractivity contribution in [3.05, 3.63) is 0 Å². The molecular weight excluding hydrogens is 483 g/mol. The van der Waals surface area contributed by atoms with Crippen LogP contribution in [0.3, 0.4) is 0 Å². The Morgan fingerprint density at radius 1 is 0.516 bits per heavy atom. The summed E-state index contributed by atoms with van der Waals surface area (Å²) in [5, 5.41) is 126. The summed E-state index contributed by atoms with van der Waals surface area (Å²) in [4.78, 5) is 20.2. The van der Waals surface area contributed by atoms with Crippen LogP contribution in [0.5, 0.6) is 0 Å². The van der Waals surface area contributed by atoms with Gasteiger partial charge in [0, 0.05) is 0 Å². The second-order valence-electron chi connectivity index (χ2n) is 5.97. The molecule has 0 heterocycles. The predicted octanol–water partition coefficient (Wildman–Crippen LogP) is -10.9. The predicted molar refractivity (Wildman–Crippen MR) is 84.3 cm³/mol. The average Bonchev–Trinajstić information content (AvgIpc) is 2.73. The maximum Gasteiger partial charge on any atom is 2.00 e. The van der Waals surface area contributed by atoms with Gasteiger partial charge in [-0.2, -0.15) is 0 Å². The van der Waals surface area contributed by atoms with Gasteiger partial charge in [0.2, 0.25) is 0 Å². The first-order valence-electron chi connectivity index (χ1n) is 8.09. The van der Waals surface area contributed by atoms with Crippen molar-refractivity contribution in [3.63, 3.8) is 0 Å². The zero-order chi connectivity index (χ0) is 24.3. The molecule has 0 fully saturated rings. The third kappa shape index (κ3) is 11.4. The fourth-order valence-electron chi connectivity index (χ4n) is 1.73. The Bertz CT molecular complexity index is 465. The molecule has 0 aromatic carbocycles. The number of carboxylic acids is 2. The van der Waals surface area contributed by atoms with Crippen molar-refractivity contribution in [3.8, 4) is 0 Å². The van der Waals surface area contributed by atoms with Gasteiger partial charge < -0.3 is 81.1 Å². The van der Waals surface area contributed by atoms with E-state index in [4.69, 9.17) is 61.3 Å². The van der Waals surface area contributed by atoms with E-state index in [1.807, 2.05) is 0 Å². The number of aliphatic hydroxyl groups is 12. The van der Waals surface area contributed by atoms with Crippen LogP contribution in [0.4, 0.5) is 0 Å². The molecule has 31 heavy (non-hydrogen) atoms. The number of rotatable bonds is 12. The molecule has 0 aliphatic carbocycles. The van der Waals surface area contributed by atoms with Crippen LogP contribution in [0.2, 0.25) is 0 Å². The molecule has 12 N–H and O–H groups in total. The topological polar surface area (TPSA) is 323 Å². The van der Waals surface area contributed by atoms with E-state index < -0.39 is 86.2 Å². The average molecular weight is 509 g/mol. The Labute approximate surface area is 184 Å². The molecule has 0 saturated heterocycles. The molecule has 0 aliphatic rings. The number of carbonyl (C=O) groups excluding carboxylic acids is 2. The summed E-state index contributed by atoms with van der Waals surface area (Å²) in [6.45, 7) is -1.79.